The minimum Gasteiger partial charge on any atom is -0.345 e. The van der Waals surface area contributed by atoms with Crippen LogP contribution in [0, 0.1) is 0 Å². The lowest BCUT2D eigenvalue weighted by atomic mass is 10.1. The molecule has 0 amide bonds. The Hall–Kier alpha value is -0.900. The molecule has 1 aromatic carbocycles. The van der Waals surface area contributed by atoms with Crippen LogP contribution in [0.25, 0.3) is 0 Å². The maximum absolute atomic E-state index is 5.76. The number of ether oxygens (including phenoxy) is 2. The molecule has 0 fully saturated rings. The summed E-state index contributed by atoms with van der Waals surface area (Å²) in [6.45, 7) is 3.73. The Morgan fingerprint density at radius 1 is 1.20 bits per heavy atom. The van der Waals surface area contributed by atoms with Gasteiger partial charge in [0.25, 0.3) is 0 Å². The SMILES string of the molecule is CC1(CCN)OCc2ccccc2CO1. The molecule has 0 saturated heterocycles. The Kier molecular flexibility index (Phi) is 3.05. The van der Waals surface area contributed by atoms with E-state index in [2.05, 4.69) is 12.1 Å². The van der Waals surface area contributed by atoms with Crippen LogP contribution in [0.5, 0.6) is 0 Å². The third kappa shape index (κ3) is 2.37. The van der Waals surface area contributed by atoms with Gasteiger partial charge >= 0.3 is 0 Å². The van der Waals surface area contributed by atoms with Gasteiger partial charge in [0.15, 0.2) is 5.79 Å². The minimum atomic E-state index is -0.534. The van der Waals surface area contributed by atoms with Gasteiger partial charge in [-0.3, -0.25) is 0 Å². The molecule has 3 heteroatoms. The molecule has 15 heavy (non-hydrogen) atoms. The van der Waals surface area contributed by atoms with E-state index in [-0.39, 0.29) is 0 Å². The minimum absolute atomic E-state index is 0.534. The topological polar surface area (TPSA) is 44.5 Å². The summed E-state index contributed by atoms with van der Waals surface area (Å²) in [6.07, 6.45) is 0.723. The molecule has 0 atom stereocenters. The maximum atomic E-state index is 5.76. The Balaban J connectivity index is 2.14. The van der Waals surface area contributed by atoms with Gasteiger partial charge in [0.05, 0.1) is 13.2 Å². The lowest BCUT2D eigenvalue weighted by molar-refractivity contribution is -0.234. The summed E-state index contributed by atoms with van der Waals surface area (Å²) in [7, 11) is 0. The first-order valence-corrected chi connectivity index (χ1v) is 5.28. The largest absolute Gasteiger partial charge is 0.345 e. The first-order valence-electron chi connectivity index (χ1n) is 5.28. The molecule has 0 unspecified atom stereocenters. The molecule has 0 saturated carbocycles. The lowest BCUT2D eigenvalue weighted by Crippen LogP contribution is -2.33. The van der Waals surface area contributed by atoms with E-state index in [1.54, 1.807) is 0 Å². The van der Waals surface area contributed by atoms with Crippen LogP contribution < -0.4 is 5.73 Å². The molecule has 0 radical (unpaired) electrons. The standard InChI is InChI=1S/C12H17NO2/c1-12(6-7-13)14-8-10-4-2-3-5-11(10)9-15-12/h2-5H,6-9,13H2,1H3. The zero-order valence-corrected chi connectivity index (χ0v) is 9.03. The summed E-state index contributed by atoms with van der Waals surface area (Å²) < 4.78 is 11.5. The summed E-state index contributed by atoms with van der Waals surface area (Å²) in [5.74, 6) is -0.534. The van der Waals surface area contributed by atoms with Gasteiger partial charge in [-0.1, -0.05) is 24.3 Å². The van der Waals surface area contributed by atoms with Gasteiger partial charge in [-0.2, -0.15) is 0 Å². The highest BCUT2D eigenvalue weighted by molar-refractivity contribution is 5.26. The van der Waals surface area contributed by atoms with Gasteiger partial charge in [-0.25, -0.2) is 0 Å². The van der Waals surface area contributed by atoms with Crippen molar-refractivity contribution in [1.29, 1.82) is 0 Å². The Labute approximate surface area is 90.2 Å². The summed E-state index contributed by atoms with van der Waals surface area (Å²) in [5, 5.41) is 0. The van der Waals surface area contributed by atoms with Crippen molar-refractivity contribution < 1.29 is 9.47 Å². The van der Waals surface area contributed by atoms with Crippen molar-refractivity contribution in [2.24, 2.45) is 5.73 Å². The average molecular weight is 207 g/mol. The highest BCUT2D eigenvalue weighted by atomic mass is 16.7. The highest BCUT2D eigenvalue weighted by Crippen LogP contribution is 2.26. The van der Waals surface area contributed by atoms with E-state index in [4.69, 9.17) is 15.2 Å². The molecule has 2 rings (SSSR count). The molecule has 1 aliphatic heterocycles. The second-order valence-corrected chi connectivity index (χ2v) is 4.02. The second kappa shape index (κ2) is 4.31. The first kappa shape index (κ1) is 10.6. The monoisotopic (exact) mass is 207 g/mol. The van der Waals surface area contributed by atoms with Crippen LogP contribution in [0.4, 0.5) is 0 Å². The van der Waals surface area contributed by atoms with Crippen molar-refractivity contribution in [1.82, 2.24) is 0 Å². The van der Waals surface area contributed by atoms with E-state index >= 15 is 0 Å². The molecule has 0 spiro atoms. The molecule has 1 heterocycles. The van der Waals surface area contributed by atoms with E-state index in [9.17, 15) is 0 Å². The zero-order chi connectivity index (χ0) is 10.7. The van der Waals surface area contributed by atoms with Crippen LogP contribution in [0.1, 0.15) is 24.5 Å². The fraction of sp³-hybridized carbons (Fsp3) is 0.500. The Bertz CT molecular complexity index is 311. The molecule has 2 N–H and O–H groups in total. The molecular formula is C12H17NO2. The third-order valence-corrected chi connectivity index (χ3v) is 2.78. The van der Waals surface area contributed by atoms with Crippen molar-refractivity contribution in [3.8, 4) is 0 Å². The Morgan fingerprint density at radius 3 is 2.20 bits per heavy atom. The molecule has 0 aromatic heterocycles. The predicted octanol–water partition coefficient (Wildman–Crippen LogP) is 1.80. The summed E-state index contributed by atoms with van der Waals surface area (Å²) >= 11 is 0. The van der Waals surface area contributed by atoms with Crippen LogP contribution in [0.2, 0.25) is 0 Å². The van der Waals surface area contributed by atoms with Crippen LogP contribution in [-0.2, 0) is 22.7 Å². The van der Waals surface area contributed by atoms with Crippen LogP contribution >= 0.6 is 0 Å². The highest BCUT2D eigenvalue weighted by Gasteiger charge is 2.28. The van der Waals surface area contributed by atoms with Gasteiger partial charge in [-0.15, -0.1) is 0 Å². The van der Waals surface area contributed by atoms with E-state index in [1.165, 1.54) is 11.1 Å². The van der Waals surface area contributed by atoms with Crippen LogP contribution in [0.3, 0.4) is 0 Å². The van der Waals surface area contributed by atoms with Gasteiger partial charge < -0.3 is 15.2 Å². The quantitative estimate of drug-likeness (QED) is 0.804. The first-order chi connectivity index (χ1) is 7.23. The van der Waals surface area contributed by atoms with Crippen molar-refractivity contribution in [2.45, 2.75) is 32.3 Å². The maximum Gasteiger partial charge on any atom is 0.167 e. The molecule has 0 aliphatic carbocycles. The van der Waals surface area contributed by atoms with E-state index in [1.807, 2.05) is 19.1 Å². The number of fused-ring (bicyclic) bond motifs is 1. The van der Waals surface area contributed by atoms with E-state index in [0.717, 1.165) is 6.42 Å². The normalized spacial score (nSPS) is 19.3. The fourth-order valence-corrected chi connectivity index (χ4v) is 1.75. The number of nitrogens with two attached hydrogens (primary N) is 1. The van der Waals surface area contributed by atoms with Gasteiger partial charge in [0.1, 0.15) is 0 Å². The summed E-state index contributed by atoms with van der Waals surface area (Å²) in [4.78, 5) is 0. The molecule has 3 nitrogen and oxygen atoms in total. The average Bonchev–Trinajstić information content (AvgIpc) is 2.40. The third-order valence-electron chi connectivity index (χ3n) is 2.78. The smallest absolute Gasteiger partial charge is 0.167 e. The second-order valence-electron chi connectivity index (χ2n) is 4.02. The van der Waals surface area contributed by atoms with Gasteiger partial charge in [0.2, 0.25) is 0 Å². The van der Waals surface area contributed by atoms with Crippen molar-refractivity contribution in [3.63, 3.8) is 0 Å². The van der Waals surface area contributed by atoms with E-state index < -0.39 is 5.79 Å². The fourth-order valence-electron chi connectivity index (χ4n) is 1.75. The zero-order valence-electron chi connectivity index (χ0n) is 9.03. The van der Waals surface area contributed by atoms with Crippen molar-refractivity contribution in [3.05, 3.63) is 35.4 Å². The number of benzene rings is 1. The molecule has 1 aromatic rings. The van der Waals surface area contributed by atoms with Crippen molar-refractivity contribution in [2.75, 3.05) is 6.54 Å². The Morgan fingerprint density at radius 2 is 1.73 bits per heavy atom. The number of rotatable bonds is 2. The van der Waals surface area contributed by atoms with Crippen molar-refractivity contribution >= 4 is 0 Å². The van der Waals surface area contributed by atoms with Crippen LogP contribution in [0.15, 0.2) is 24.3 Å². The predicted molar refractivity (Wildman–Crippen MR) is 58.1 cm³/mol. The van der Waals surface area contributed by atoms with Gasteiger partial charge in [0, 0.05) is 6.42 Å². The lowest BCUT2D eigenvalue weighted by Gasteiger charge is -2.27. The summed E-state index contributed by atoms with van der Waals surface area (Å²) in [5.41, 5.74) is 7.95. The number of hydrogen-bond acceptors (Lipinski definition) is 3. The molecule has 82 valence electrons. The molecule has 1 aliphatic rings. The summed E-state index contributed by atoms with van der Waals surface area (Å²) in [6, 6.07) is 8.20. The van der Waals surface area contributed by atoms with Gasteiger partial charge in [-0.05, 0) is 24.6 Å². The number of hydrogen-bond donors (Lipinski definition) is 1. The van der Waals surface area contributed by atoms with E-state index in [0.29, 0.717) is 19.8 Å². The van der Waals surface area contributed by atoms with Crippen LogP contribution in [-0.4, -0.2) is 12.3 Å². The molecule has 0 bridgehead atoms. The molecular weight excluding hydrogens is 190 g/mol.